The van der Waals surface area contributed by atoms with Crippen molar-refractivity contribution in [2.75, 3.05) is 19.6 Å². The molecule has 0 aliphatic carbocycles. The monoisotopic (exact) mass is 354 g/mol. The molecule has 2 aliphatic heterocycles. The van der Waals surface area contributed by atoms with Crippen molar-refractivity contribution in [2.45, 2.75) is 52.0 Å². The van der Waals surface area contributed by atoms with Crippen LogP contribution in [0.4, 0.5) is 0 Å². The number of hydrogen-bond acceptors (Lipinski definition) is 5. The minimum Gasteiger partial charge on any atom is -0.337 e. The summed E-state index contributed by atoms with van der Waals surface area (Å²) in [6, 6.07) is 0. The molecule has 1 fully saturated rings. The highest BCUT2D eigenvalue weighted by Gasteiger charge is 2.30. The molecule has 7 nitrogen and oxygen atoms in total. The summed E-state index contributed by atoms with van der Waals surface area (Å²) in [6.45, 7) is 7.30. The first-order valence-corrected chi connectivity index (χ1v) is 9.56. The number of rotatable bonds is 3. The first kappa shape index (κ1) is 17.1. The quantitative estimate of drug-likeness (QED) is 0.877. The van der Waals surface area contributed by atoms with Gasteiger partial charge >= 0.3 is 0 Å². The molecule has 4 rings (SSSR count). The zero-order valence-corrected chi connectivity index (χ0v) is 15.5. The Balaban J connectivity index is 1.52. The number of hydrogen-bond donors (Lipinski definition) is 2. The zero-order valence-electron chi connectivity index (χ0n) is 15.5. The summed E-state index contributed by atoms with van der Waals surface area (Å²) in [6.07, 6.45) is 5.76. The Kier molecular flexibility index (Phi) is 4.72. The number of piperidine rings is 1. The van der Waals surface area contributed by atoms with Crippen LogP contribution in [-0.2, 0) is 19.4 Å². The SMILES string of the molecule is CCc1[nH]nc(C(=O)N2CCC[C@@H](c3ncc4c(n3)CCNC4)C2)c1C. The molecular formula is C19H26N6O. The second-order valence-corrected chi connectivity index (χ2v) is 7.25. The average molecular weight is 354 g/mol. The fraction of sp³-hybridized carbons (Fsp3) is 0.579. The van der Waals surface area contributed by atoms with Gasteiger partial charge in [0.2, 0.25) is 0 Å². The van der Waals surface area contributed by atoms with Crippen molar-refractivity contribution in [1.82, 2.24) is 30.4 Å². The van der Waals surface area contributed by atoms with Crippen LogP contribution in [0.25, 0.3) is 0 Å². The largest absolute Gasteiger partial charge is 0.337 e. The van der Waals surface area contributed by atoms with Crippen LogP contribution in [0.15, 0.2) is 6.20 Å². The van der Waals surface area contributed by atoms with E-state index in [1.165, 1.54) is 5.56 Å². The van der Waals surface area contributed by atoms with Crippen molar-refractivity contribution in [3.63, 3.8) is 0 Å². The summed E-state index contributed by atoms with van der Waals surface area (Å²) in [7, 11) is 0. The highest BCUT2D eigenvalue weighted by atomic mass is 16.2. The van der Waals surface area contributed by atoms with Crippen LogP contribution < -0.4 is 5.32 Å². The van der Waals surface area contributed by atoms with Gasteiger partial charge in [0.1, 0.15) is 5.82 Å². The Hall–Kier alpha value is -2.28. The van der Waals surface area contributed by atoms with Crippen LogP contribution in [0.5, 0.6) is 0 Å². The van der Waals surface area contributed by atoms with Gasteiger partial charge in [-0.05, 0) is 26.2 Å². The Morgan fingerprint density at radius 1 is 1.42 bits per heavy atom. The van der Waals surface area contributed by atoms with Crippen molar-refractivity contribution in [3.05, 3.63) is 40.2 Å². The number of carbonyl (C=O) groups excluding carboxylic acids is 1. The molecule has 4 heterocycles. The van der Waals surface area contributed by atoms with E-state index >= 15 is 0 Å². The van der Waals surface area contributed by atoms with Crippen LogP contribution >= 0.6 is 0 Å². The minimum atomic E-state index is 0.0188. The number of carbonyl (C=O) groups is 1. The number of H-pyrrole nitrogens is 1. The van der Waals surface area contributed by atoms with Crippen LogP contribution in [0.3, 0.4) is 0 Å². The summed E-state index contributed by atoms with van der Waals surface area (Å²) in [5, 5.41) is 10.6. The van der Waals surface area contributed by atoms with E-state index in [0.717, 1.165) is 68.1 Å². The molecule has 2 aromatic heterocycles. The average Bonchev–Trinajstić information content (AvgIpc) is 3.07. The summed E-state index contributed by atoms with van der Waals surface area (Å²) in [4.78, 5) is 24.3. The van der Waals surface area contributed by atoms with Crippen molar-refractivity contribution in [3.8, 4) is 0 Å². The molecule has 0 aromatic carbocycles. The number of fused-ring (bicyclic) bond motifs is 1. The van der Waals surface area contributed by atoms with Gasteiger partial charge in [-0.25, -0.2) is 9.97 Å². The lowest BCUT2D eigenvalue weighted by Crippen LogP contribution is -2.40. The fourth-order valence-corrected chi connectivity index (χ4v) is 3.96. The van der Waals surface area contributed by atoms with Gasteiger partial charge in [0.15, 0.2) is 5.69 Å². The van der Waals surface area contributed by atoms with E-state index in [2.05, 4.69) is 27.4 Å². The van der Waals surface area contributed by atoms with Crippen molar-refractivity contribution >= 4 is 5.91 Å². The van der Waals surface area contributed by atoms with E-state index in [-0.39, 0.29) is 11.8 Å². The molecule has 0 saturated carbocycles. The van der Waals surface area contributed by atoms with E-state index < -0.39 is 0 Å². The molecule has 2 aromatic rings. The standard InChI is InChI=1S/C19H26N6O/c1-3-15-12(2)17(24-23-15)19(26)25-8-4-5-13(11-25)18-21-10-14-9-20-7-6-16(14)22-18/h10,13,20H,3-9,11H2,1-2H3,(H,23,24)/t13-/m1/s1. The highest BCUT2D eigenvalue weighted by molar-refractivity contribution is 5.94. The number of nitrogens with zero attached hydrogens (tertiary/aromatic N) is 4. The zero-order chi connectivity index (χ0) is 18.1. The lowest BCUT2D eigenvalue weighted by atomic mass is 9.96. The van der Waals surface area contributed by atoms with Gasteiger partial charge < -0.3 is 10.2 Å². The fourth-order valence-electron chi connectivity index (χ4n) is 3.96. The van der Waals surface area contributed by atoms with Gasteiger partial charge in [-0.2, -0.15) is 5.10 Å². The molecule has 138 valence electrons. The second kappa shape index (κ2) is 7.15. The van der Waals surface area contributed by atoms with Gasteiger partial charge in [0, 0.05) is 67.2 Å². The third-order valence-electron chi connectivity index (χ3n) is 5.57. The van der Waals surface area contributed by atoms with Gasteiger partial charge in [0.25, 0.3) is 5.91 Å². The van der Waals surface area contributed by atoms with Crippen LogP contribution in [0, 0.1) is 6.92 Å². The maximum absolute atomic E-state index is 13.0. The number of aromatic nitrogens is 4. The number of amides is 1. The van der Waals surface area contributed by atoms with Gasteiger partial charge in [-0.15, -0.1) is 0 Å². The summed E-state index contributed by atoms with van der Waals surface area (Å²) >= 11 is 0. The highest BCUT2D eigenvalue weighted by Crippen LogP contribution is 2.27. The molecule has 7 heteroatoms. The molecule has 2 N–H and O–H groups in total. The first-order valence-electron chi connectivity index (χ1n) is 9.56. The maximum Gasteiger partial charge on any atom is 0.274 e. The van der Waals surface area contributed by atoms with Crippen molar-refractivity contribution in [1.29, 1.82) is 0 Å². The van der Waals surface area contributed by atoms with Crippen molar-refractivity contribution < 1.29 is 4.79 Å². The number of nitrogens with one attached hydrogen (secondary N) is 2. The van der Waals surface area contributed by atoms with E-state index in [4.69, 9.17) is 4.98 Å². The third kappa shape index (κ3) is 3.11. The van der Waals surface area contributed by atoms with Gasteiger partial charge in [0.05, 0.1) is 0 Å². The topological polar surface area (TPSA) is 86.8 Å². The lowest BCUT2D eigenvalue weighted by Gasteiger charge is -2.32. The summed E-state index contributed by atoms with van der Waals surface area (Å²) < 4.78 is 0. The van der Waals surface area contributed by atoms with E-state index in [0.29, 0.717) is 12.2 Å². The number of aryl methyl sites for hydroxylation is 1. The van der Waals surface area contributed by atoms with Gasteiger partial charge in [-0.3, -0.25) is 9.89 Å². The Morgan fingerprint density at radius 3 is 3.12 bits per heavy atom. The molecule has 0 radical (unpaired) electrons. The molecular weight excluding hydrogens is 328 g/mol. The normalized spacial score (nSPS) is 20.1. The Labute approximate surface area is 153 Å². The van der Waals surface area contributed by atoms with E-state index in [1.807, 2.05) is 18.0 Å². The van der Waals surface area contributed by atoms with E-state index in [1.54, 1.807) is 0 Å². The Morgan fingerprint density at radius 2 is 2.31 bits per heavy atom. The molecule has 1 saturated heterocycles. The number of aromatic amines is 1. The van der Waals surface area contributed by atoms with E-state index in [9.17, 15) is 4.79 Å². The predicted octanol–water partition coefficient (Wildman–Crippen LogP) is 1.74. The lowest BCUT2D eigenvalue weighted by molar-refractivity contribution is 0.0697. The summed E-state index contributed by atoms with van der Waals surface area (Å²) in [5.74, 6) is 1.11. The third-order valence-corrected chi connectivity index (χ3v) is 5.57. The molecule has 0 bridgehead atoms. The minimum absolute atomic E-state index is 0.0188. The molecule has 1 atom stereocenters. The van der Waals surface area contributed by atoms with Crippen LogP contribution in [0.2, 0.25) is 0 Å². The molecule has 0 unspecified atom stereocenters. The van der Waals surface area contributed by atoms with Crippen molar-refractivity contribution in [2.24, 2.45) is 0 Å². The van der Waals surface area contributed by atoms with Gasteiger partial charge in [-0.1, -0.05) is 6.92 Å². The predicted molar refractivity (Wildman–Crippen MR) is 98.0 cm³/mol. The first-order chi connectivity index (χ1) is 12.7. The molecule has 2 aliphatic rings. The summed E-state index contributed by atoms with van der Waals surface area (Å²) in [5.41, 5.74) is 4.92. The maximum atomic E-state index is 13.0. The smallest absolute Gasteiger partial charge is 0.274 e. The molecule has 1 amide bonds. The second-order valence-electron chi connectivity index (χ2n) is 7.25. The van der Waals surface area contributed by atoms with Crippen LogP contribution in [0.1, 0.15) is 64.5 Å². The molecule has 26 heavy (non-hydrogen) atoms. The number of likely N-dealkylation sites (tertiary alicyclic amines) is 1. The molecule has 0 spiro atoms. The van der Waals surface area contributed by atoms with Crippen LogP contribution in [-0.4, -0.2) is 50.6 Å². The Bertz CT molecular complexity index is 814.